The number of hydrogen-bond acceptors (Lipinski definition) is 5. The smallest absolute Gasteiger partial charge is 0.355 e. The first-order chi connectivity index (χ1) is 8.43. The number of carbonyl (C=O) groups is 2. The molecule has 0 aromatic carbocycles. The van der Waals surface area contributed by atoms with E-state index in [9.17, 15) is 9.59 Å². The van der Waals surface area contributed by atoms with Crippen molar-refractivity contribution < 1.29 is 19.1 Å². The summed E-state index contributed by atoms with van der Waals surface area (Å²) in [7, 11) is 2.58. The summed E-state index contributed by atoms with van der Waals surface area (Å²) in [6.07, 6.45) is 3.47. The van der Waals surface area contributed by atoms with Gasteiger partial charge in [0.1, 0.15) is 5.70 Å². The Morgan fingerprint density at radius 3 is 2.22 bits per heavy atom. The van der Waals surface area contributed by atoms with Crippen LogP contribution in [0.25, 0.3) is 0 Å². The van der Waals surface area contributed by atoms with Gasteiger partial charge in [0, 0.05) is 12.1 Å². The SMILES string of the molecule is COC(=O)C1=C(C(=O)OC)N(C(C)C)C(C)C=C1. The quantitative estimate of drug-likeness (QED) is 0.709. The number of methoxy groups -OCH3 is 2. The molecule has 1 unspecified atom stereocenters. The third-order valence-electron chi connectivity index (χ3n) is 2.83. The third-order valence-corrected chi connectivity index (χ3v) is 2.83. The second-order valence-electron chi connectivity index (χ2n) is 4.35. The first kappa shape index (κ1) is 14.3. The van der Waals surface area contributed by atoms with Crippen molar-refractivity contribution in [1.82, 2.24) is 4.90 Å². The lowest BCUT2D eigenvalue weighted by Crippen LogP contribution is -2.43. The highest BCUT2D eigenvalue weighted by atomic mass is 16.5. The Morgan fingerprint density at radius 2 is 1.78 bits per heavy atom. The predicted octanol–water partition coefficient (Wildman–Crippen LogP) is 1.26. The van der Waals surface area contributed by atoms with Crippen LogP contribution in [0.3, 0.4) is 0 Å². The zero-order chi connectivity index (χ0) is 13.9. The number of nitrogens with zero attached hydrogens (tertiary/aromatic N) is 1. The Hall–Kier alpha value is -1.78. The fraction of sp³-hybridized carbons (Fsp3) is 0.538. The van der Waals surface area contributed by atoms with Gasteiger partial charge in [-0.15, -0.1) is 0 Å². The molecule has 0 saturated carbocycles. The van der Waals surface area contributed by atoms with E-state index >= 15 is 0 Å². The minimum atomic E-state index is -0.538. The van der Waals surface area contributed by atoms with E-state index in [-0.39, 0.29) is 23.4 Å². The summed E-state index contributed by atoms with van der Waals surface area (Å²) >= 11 is 0. The van der Waals surface area contributed by atoms with Crippen molar-refractivity contribution in [3.63, 3.8) is 0 Å². The summed E-state index contributed by atoms with van der Waals surface area (Å²) < 4.78 is 9.46. The van der Waals surface area contributed by atoms with E-state index in [0.29, 0.717) is 0 Å². The highest BCUT2D eigenvalue weighted by Gasteiger charge is 2.32. The Bertz CT molecular complexity index is 409. The molecule has 0 aliphatic carbocycles. The van der Waals surface area contributed by atoms with Crippen molar-refractivity contribution in [3.05, 3.63) is 23.4 Å². The summed E-state index contributed by atoms with van der Waals surface area (Å²) in [6.45, 7) is 5.86. The molecule has 0 aromatic rings. The van der Waals surface area contributed by atoms with E-state index in [1.165, 1.54) is 14.2 Å². The lowest BCUT2D eigenvalue weighted by Gasteiger charge is -2.37. The fourth-order valence-electron chi connectivity index (χ4n) is 2.07. The molecule has 0 bridgehead atoms. The van der Waals surface area contributed by atoms with E-state index in [2.05, 4.69) is 0 Å². The molecule has 18 heavy (non-hydrogen) atoms. The van der Waals surface area contributed by atoms with Crippen LogP contribution in [0.2, 0.25) is 0 Å². The fourth-order valence-corrected chi connectivity index (χ4v) is 2.07. The molecule has 100 valence electrons. The van der Waals surface area contributed by atoms with Crippen LogP contribution in [-0.2, 0) is 19.1 Å². The highest BCUT2D eigenvalue weighted by molar-refractivity contribution is 6.02. The largest absolute Gasteiger partial charge is 0.465 e. The molecule has 0 saturated heterocycles. The van der Waals surface area contributed by atoms with Crippen LogP contribution < -0.4 is 0 Å². The Balaban J connectivity index is 3.35. The third kappa shape index (κ3) is 2.55. The minimum Gasteiger partial charge on any atom is -0.465 e. The van der Waals surface area contributed by atoms with Crippen LogP contribution in [0.15, 0.2) is 23.4 Å². The molecule has 0 fully saturated rings. The zero-order valence-electron chi connectivity index (χ0n) is 11.4. The van der Waals surface area contributed by atoms with Gasteiger partial charge in [-0.3, -0.25) is 0 Å². The summed E-state index contributed by atoms with van der Waals surface area (Å²) in [5.74, 6) is -1.07. The molecule has 5 heteroatoms. The molecule has 1 atom stereocenters. The maximum Gasteiger partial charge on any atom is 0.355 e. The predicted molar refractivity (Wildman–Crippen MR) is 66.6 cm³/mol. The highest BCUT2D eigenvalue weighted by Crippen LogP contribution is 2.25. The molecular formula is C13H19NO4. The van der Waals surface area contributed by atoms with Crippen LogP contribution in [0.1, 0.15) is 20.8 Å². The summed E-state index contributed by atoms with van der Waals surface area (Å²) in [5.41, 5.74) is 0.491. The molecule has 1 aliphatic heterocycles. The molecule has 0 aromatic heterocycles. The van der Waals surface area contributed by atoms with Gasteiger partial charge in [-0.05, 0) is 26.8 Å². The van der Waals surface area contributed by atoms with Gasteiger partial charge in [0.05, 0.1) is 19.8 Å². The van der Waals surface area contributed by atoms with E-state index < -0.39 is 11.9 Å². The second kappa shape index (κ2) is 5.71. The standard InChI is InChI=1S/C13H19NO4/c1-8(2)14-9(3)6-7-10(12(15)17-4)11(14)13(16)18-5/h6-9H,1-5H3. The van der Waals surface area contributed by atoms with Crippen LogP contribution >= 0.6 is 0 Å². The monoisotopic (exact) mass is 253 g/mol. The van der Waals surface area contributed by atoms with Crippen LogP contribution in [0.5, 0.6) is 0 Å². The topological polar surface area (TPSA) is 55.8 Å². The van der Waals surface area contributed by atoms with Gasteiger partial charge in [0.2, 0.25) is 0 Å². The van der Waals surface area contributed by atoms with Gasteiger partial charge in [0.15, 0.2) is 0 Å². The lowest BCUT2D eigenvalue weighted by atomic mass is 10.0. The maximum atomic E-state index is 11.9. The number of carbonyl (C=O) groups excluding carboxylic acids is 2. The molecule has 0 N–H and O–H groups in total. The van der Waals surface area contributed by atoms with Crippen LogP contribution in [-0.4, -0.2) is 43.1 Å². The summed E-state index contributed by atoms with van der Waals surface area (Å²) in [6, 6.07) is 0.0891. The normalized spacial score (nSPS) is 19.2. The second-order valence-corrected chi connectivity index (χ2v) is 4.35. The van der Waals surface area contributed by atoms with Gasteiger partial charge < -0.3 is 14.4 Å². The van der Waals surface area contributed by atoms with Crippen molar-refractivity contribution in [3.8, 4) is 0 Å². The van der Waals surface area contributed by atoms with Gasteiger partial charge >= 0.3 is 11.9 Å². The van der Waals surface area contributed by atoms with Crippen molar-refractivity contribution in [2.75, 3.05) is 14.2 Å². The molecule has 1 aliphatic rings. The molecule has 5 nitrogen and oxygen atoms in total. The zero-order valence-corrected chi connectivity index (χ0v) is 11.4. The van der Waals surface area contributed by atoms with E-state index in [0.717, 1.165) is 0 Å². The molecular weight excluding hydrogens is 234 g/mol. The van der Waals surface area contributed by atoms with E-state index in [1.54, 1.807) is 6.08 Å². The Labute approximate surface area is 107 Å². The van der Waals surface area contributed by atoms with Crippen molar-refractivity contribution in [2.24, 2.45) is 0 Å². The van der Waals surface area contributed by atoms with Crippen molar-refractivity contribution in [1.29, 1.82) is 0 Å². The average molecular weight is 253 g/mol. The first-order valence-corrected chi connectivity index (χ1v) is 5.81. The molecule has 0 radical (unpaired) electrons. The van der Waals surface area contributed by atoms with Gasteiger partial charge in [-0.2, -0.15) is 0 Å². The number of hydrogen-bond donors (Lipinski definition) is 0. The van der Waals surface area contributed by atoms with Gasteiger partial charge in [0.25, 0.3) is 0 Å². The summed E-state index contributed by atoms with van der Waals surface area (Å²) in [4.78, 5) is 25.4. The number of rotatable bonds is 3. The molecule has 0 amide bonds. The van der Waals surface area contributed by atoms with Gasteiger partial charge in [-0.1, -0.05) is 6.08 Å². The molecule has 1 heterocycles. The first-order valence-electron chi connectivity index (χ1n) is 5.81. The number of esters is 2. The van der Waals surface area contributed by atoms with Gasteiger partial charge in [-0.25, -0.2) is 9.59 Å². The number of ether oxygens (including phenoxy) is 2. The van der Waals surface area contributed by atoms with E-state index in [1.807, 2.05) is 31.7 Å². The Kier molecular flexibility index (Phi) is 4.53. The van der Waals surface area contributed by atoms with Crippen LogP contribution in [0.4, 0.5) is 0 Å². The minimum absolute atomic E-state index is 0.0208. The van der Waals surface area contributed by atoms with Crippen LogP contribution in [0, 0.1) is 0 Å². The molecule has 1 rings (SSSR count). The van der Waals surface area contributed by atoms with Crippen molar-refractivity contribution in [2.45, 2.75) is 32.9 Å². The lowest BCUT2D eigenvalue weighted by molar-refractivity contribution is -0.141. The Morgan fingerprint density at radius 1 is 1.22 bits per heavy atom. The maximum absolute atomic E-state index is 11.9. The van der Waals surface area contributed by atoms with E-state index in [4.69, 9.17) is 9.47 Å². The average Bonchev–Trinajstić information content (AvgIpc) is 2.35. The summed E-state index contributed by atoms with van der Waals surface area (Å²) in [5, 5.41) is 0. The molecule has 0 spiro atoms. The van der Waals surface area contributed by atoms with Crippen molar-refractivity contribution >= 4 is 11.9 Å².